The highest BCUT2D eigenvalue weighted by molar-refractivity contribution is 7.85. The minimum atomic E-state index is -3.36. The molecule has 0 aliphatic rings. The lowest BCUT2D eigenvalue weighted by Crippen LogP contribution is -2.14. The van der Waals surface area contributed by atoms with E-state index in [1.807, 2.05) is 6.92 Å². The summed E-state index contributed by atoms with van der Waals surface area (Å²) in [5.74, 6) is 0. The zero-order valence-electron chi connectivity index (χ0n) is 37.1. The van der Waals surface area contributed by atoms with Gasteiger partial charge in [-0.2, -0.15) is 23.7 Å². The number of nitro groups is 2. The van der Waals surface area contributed by atoms with Crippen molar-refractivity contribution in [1.82, 2.24) is 29.8 Å². The fourth-order valence-corrected chi connectivity index (χ4v) is 4.34. The van der Waals surface area contributed by atoms with Gasteiger partial charge in [0.05, 0.1) is 160 Å². The molecular formula is C36H69ClN10O16S. The van der Waals surface area contributed by atoms with Crippen LogP contribution in [0.25, 0.3) is 0 Å². The molecule has 28 heteroatoms. The number of hydrogen-bond acceptors (Lipinski definition) is 21. The standard InChI is InChI=1S/C12H21N3O5.C11H22N4O3.C10H22O6S.C3H3N3O2.ClH/c1-2-4-18-6-8-20-9-7-19-5-3-14-11-12(10-13-14)15(16)17;12-1-3-16-5-7-18-8-6-17-4-2-15-10-11(13)9-14-15;1-3-4-13-5-6-14-7-8-15-9-10-16-17(2,11)12;7-6(8)3-1-4-5-2-3;/h10-11H,2-9H2,1H3;9-10H,1-8,12-13H2;3-10H2,1-2H3;1-2H,(H,4,5);1H. The Morgan fingerprint density at radius 2 is 0.984 bits per heavy atom. The summed E-state index contributed by atoms with van der Waals surface area (Å²) in [6.45, 7) is 15.7. The fraction of sp³-hybridized carbons (Fsp3) is 0.750. The Hall–Kier alpha value is -3.97. The Balaban J connectivity index is 0. The maximum Gasteiger partial charge on any atom is 0.306 e. The Morgan fingerprint density at radius 1 is 0.594 bits per heavy atom. The number of anilines is 1. The Bertz CT molecular complexity index is 1590. The van der Waals surface area contributed by atoms with Crippen molar-refractivity contribution in [3.63, 3.8) is 0 Å². The molecule has 5 N–H and O–H groups in total. The van der Waals surface area contributed by atoms with Gasteiger partial charge in [-0.15, -0.1) is 12.4 Å². The number of H-pyrrole nitrogens is 1. The molecule has 0 aromatic carbocycles. The van der Waals surface area contributed by atoms with Gasteiger partial charge in [-0.1, -0.05) is 13.8 Å². The molecular weight excluding hydrogens is 896 g/mol. The van der Waals surface area contributed by atoms with Crippen LogP contribution in [0.4, 0.5) is 17.1 Å². The average molecular weight is 966 g/mol. The summed E-state index contributed by atoms with van der Waals surface area (Å²) in [7, 11) is -3.36. The number of rotatable bonds is 36. The number of hydrogen-bond donors (Lipinski definition) is 3. The number of aromatic amines is 1. The first-order chi connectivity index (χ1) is 30.4. The summed E-state index contributed by atoms with van der Waals surface area (Å²) in [6.07, 6.45) is 11.4. The molecule has 3 aromatic heterocycles. The summed E-state index contributed by atoms with van der Waals surface area (Å²) in [5, 5.41) is 33.9. The van der Waals surface area contributed by atoms with E-state index in [4.69, 9.17) is 54.1 Å². The van der Waals surface area contributed by atoms with Crippen LogP contribution < -0.4 is 11.5 Å². The number of nitrogens with zero attached hydrogens (tertiary/aromatic N) is 7. The normalized spacial score (nSPS) is 10.8. The molecule has 0 aliphatic carbocycles. The van der Waals surface area contributed by atoms with Gasteiger partial charge >= 0.3 is 11.4 Å². The molecule has 0 fully saturated rings. The van der Waals surface area contributed by atoms with E-state index < -0.39 is 20.0 Å². The number of nitrogens with one attached hydrogen (secondary N) is 1. The van der Waals surface area contributed by atoms with Crippen LogP contribution in [0, 0.1) is 20.2 Å². The minimum absolute atomic E-state index is 0. The molecule has 3 rings (SSSR count). The third-order valence-electron chi connectivity index (χ3n) is 6.82. The molecule has 0 spiro atoms. The van der Waals surface area contributed by atoms with E-state index in [1.165, 1.54) is 23.3 Å². The van der Waals surface area contributed by atoms with E-state index in [0.717, 1.165) is 38.5 Å². The first kappa shape index (κ1) is 62.1. The van der Waals surface area contributed by atoms with E-state index in [9.17, 15) is 28.6 Å². The first-order valence-electron chi connectivity index (χ1n) is 20.2. The van der Waals surface area contributed by atoms with Gasteiger partial charge in [0.2, 0.25) is 0 Å². The molecule has 26 nitrogen and oxygen atoms in total. The second kappa shape index (κ2) is 44.2. The van der Waals surface area contributed by atoms with Crippen molar-refractivity contribution >= 4 is 39.6 Å². The molecule has 372 valence electrons. The second-order valence-corrected chi connectivity index (χ2v) is 13.9. The lowest BCUT2D eigenvalue weighted by atomic mass is 10.5. The molecule has 64 heavy (non-hydrogen) atoms. The maximum absolute atomic E-state index is 10.6. The van der Waals surface area contributed by atoms with Crippen LogP contribution in [0.5, 0.6) is 0 Å². The van der Waals surface area contributed by atoms with Gasteiger partial charge in [0.25, 0.3) is 10.1 Å². The Labute approximate surface area is 380 Å². The molecule has 0 saturated carbocycles. The van der Waals surface area contributed by atoms with Crippen LogP contribution in [0.3, 0.4) is 0 Å². The molecule has 0 atom stereocenters. The topological polar surface area (TPSA) is 329 Å². The highest BCUT2D eigenvalue weighted by Crippen LogP contribution is 2.07. The highest BCUT2D eigenvalue weighted by Gasteiger charge is 2.08. The van der Waals surface area contributed by atoms with Crippen molar-refractivity contribution in [2.75, 3.05) is 144 Å². The molecule has 0 unspecified atom stereocenters. The summed E-state index contributed by atoms with van der Waals surface area (Å²) >= 11 is 0. The van der Waals surface area contributed by atoms with E-state index >= 15 is 0 Å². The zero-order chi connectivity index (χ0) is 46.7. The van der Waals surface area contributed by atoms with Crippen molar-refractivity contribution in [1.29, 1.82) is 0 Å². The minimum Gasteiger partial charge on any atom is -0.396 e. The van der Waals surface area contributed by atoms with Gasteiger partial charge in [-0.05, 0) is 12.8 Å². The number of nitrogens with two attached hydrogens (primary N) is 2. The van der Waals surface area contributed by atoms with Crippen LogP contribution in [0.2, 0.25) is 0 Å². The largest absolute Gasteiger partial charge is 0.396 e. The first-order valence-corrected chi connectivity index (χ1v) is 22.1. The summed E-state index contributed by atoms with van der Waals surface area (Å²) < 4.78 is 76.2. The van der Waals surface area contributed by atoms with Crippen LogP contribution in [-0.4, -0.2) is 186 Å². The molecule has 0 saturated heterocycles. The molecule has 0 aliphatic heterocycles. The van der Waals surface area contributed by atoms with Gasteiger partial charge in [0, 0.05) is 26.0 Å². The average Bonchev–Trinajstić information content (AvgIpc) is 4.06. The molecule has 3 heterocycles. The van der Waals surface area contributed by atoms with Crippen molar-refractivity contribution in [2.45, 2.75) is 39.8 Å². The number of nitrogen functional groups attached to an aromatic ring is 1. The van der Waals surface area contributed by atoms with Crippen LogP contribution in [0.15, 0.2) is 37.2 Å². The van der Waals surface area contributed by atoms with E-state index in [1.54, 1.807) is 17.1 Å². The van der Waals surface area contributed by atoms with Gasteiger partial charge in [-0.3, -0.25) is 38.9 Å². The predicted molar refractivity (Wildman–Crippen MR) is 236 cm³/mol. The molecule has 0 radical (unpaired) electrons. The number of aromatic nitrogens is 6. The van der Waals surface area contributed by atoms with Crippen molar-refractivity contribution in [2.24, 2.45) is 5.73 Å². The predicted octanol–water partition coefficient (Wildman–Crippen LogP) is 1.89. The lowest BCUT2D eigenvalue weighted by molar-refractivity contribution is -0.385. The number of ether oxygens (including phenoxy) is 9. The molecule has 3 aromatic rings. The Morgan fingerprint density at radius 3 is 1.31 bits per heavy atom. The highest BCUT2D eigenvalue weighted by atomic mass is 35.5. The third-order valence-corrected chi connectivity index (χ3v) is 7.42. The van der Waals surface area contributed by atoms with Crippen LogP contribution >= 0.6 is 12.4 Å². The van der Waals surface area contributed by atoms with Crippen molar-refractivity contribution in [3.05, 3.63) is 57.4 Å². The molecule has 0 amide bonds. The smallest absolute Gasteiger partial charge is 0.306 e. The van der Waals surface area contributed by atoms with E-state index in [0.29, 0.717) is 124 Å². The van der Waals surface area contributed by atoms with E-state index in [2.05, 4.69) is 31.5 Å². The van der Waals surface area contributed by atoms with E-state index in [-0.39, 0.29) is 37.0 Å². The summed E-state index contributed by atoms with van der Waals surface area (Å²) in [4.78, 5) is 19.3. The van der Waals surface area contributed by atoms with Crippen LogP contribution in [0.1, 0.15) is 26.7 Å². The van der Waals surface area contributed by atoms with Gasteiger partial charge in [0.15, 0.2) is 0 Å². The summed E-state index contributed by atoms with van der Waals surface area (Å²) in [5.41, 5.74) is 11.4. The van der Waals surface area contributed by atoms with Crippen molar-refractivity contribution in [3.8, 4) is 0 Å². The second-order valence-electron chi connectivity index (χ2n) is 12.3. The zero-order valence-corrected chi connectivity index (χ0v) is 38.7. The van der Waals surface area contributed by atoms with Crippen molar-refractivity contribution < 1.29 is 65.1 Å². The monoisotopic (exact) mass is 964 g/mol. The van der Waals surface area contributed by atoms with Crippen LogP contribution in [-0.2, 0) is 70.0 Å². The van der Waals surface area contributed by atoms with Gasteiger partial charge in [-0.25, -0.2) is 0 Å². The SMILES string of the molecule is CCCOCCOCCOCCOS(C)(=O)=O.CCCOCCOCCOCCn1cc([N+](=O)[O-])cn1.Cl.NCCOCCOCCOCCn1cc(N)cn1.O=[N+]([O-])c1cn[nH]c1. The fourth-order valence-electron chi connectivity index (χ4n) is 3.97. The lowest BCUT2D eigenvalue weighted by Gasteiger charge is -2.06. The number of halogens is 1. The quantitative estimate of drug-likeness (QED) is 0.0324. The van der Waals surface area contributed by atoms with Gasteiger partial charge < -0.3 is 54.1 Å². The van der Waals surface area contributed by atoms with Gasteiger partial charge in [0.1, 0.15) is 18.6 Å². The molecule has 0 bridgehead atoms. The Kier molecular flexibility index (Phi) is 42.9. The third kappa shape index (κ3) is 42.0. The maximum atomic E-state index is 10.6. The summed E-state index contributed by atoms with van der Waals surface area (Å²) in [6, 6.07) is 0.